The van der Waals surface area contributed by atoms with Crippen LogP contribution in [0.15, 0.2) is 34.7 Å². The van der Waals surface area contributed by atoms with Gasteiger partial charge < -0.3 is 25.3 Å². The predicted molar refractivity (Wildman–Crippen MR) is 80.3 cm³/mol. The molecule has 0 bridgehead atoms. The van der Waals surface area contributed by atoms with Crippen molar-refractivity contribution in [2.75, 3.05) is 36.9 Å². The number of hydrogen-bond acceptors (Lipinski definition) is 6. The second-order valence-electron chi connectivity index (χ2n) is 4.53. The number of furan rings is 1. The van der Waals surface area contributed by atoms with Crippen molar-refractivity contribution in [3.63, 3.8) is 0 Å². The summed E-state index contributed by atoms with van der Waals surface area (Å²) in [6.45, 7) is 0.773. The highest BCUT2D eigenvalue weighted by Gasteiger charge is 2.12. The number of nitrogen functional groups attached to an aromatic ring is 1. The first-order valence-corrected chi connectivity index (χ1v) is 6.61. The number of aldehydes is 1. The summed E-state index contributed by atoms with van der Waals surface area (Å²) in [5.74, 6) is 0.738. The fourth-order valence-corrected chi connectivity index (χ4v) is 2.13. The molecule has 0 radical (unpaired) electrons. The van der Waals surface area contributed by atoms with Crippen molar-refractivity contribution in [1.82, 2.24) is 0 Å². The van der Waals surface area contributed by atoms with Gasteiger partial charge in [0, 0.05) is 30.0 Å². The maximum Gasteiger partial charge on any atom is 0.185 e. The highest BCUT2D eigenvalue weighted by Crippen LogP contribution is 2.31. The summed E-state index contributed by atoms with van der Waals surface area (Å²) in [6, 6.07) is 8.62. The molecule has 0 amide bonds. The Morgan fingerprint density at radius 2 is 1.86 bits per heavy atom. The average Bonchev–Trinajstić information content (AvgIpc) is 2.96. The Balaban J connectivity index is 2.37. The van der Waals surface area contributed by atoms with Gasteiger partial charge in [0.1, 0.15) is 5.76 Å². The molecule has 6 nitrogen and oxygen atoms in total. The number of aliphatic hydroxyl groups is 2. The molecule has 0 spiro atoms. The number of carbonyl (C=O) groups excluding carboxylic acids is 1. The Hall–Kier alpha value is -2.31. The first-order chi connectivity index (χ1) is 10.2. The Bertz CT molecular complexity index is 603. The SMILES string of the molecule is Nc1ccc(N(CCO)CCO)cc1-c1ccc(C=O)o1. The number of carbonyl (C=O) groups is 1. The molecule has 0 fully saturated rings. The Morgan fingerprint density at radius 3 is 2.43 bits per heavy atom. The molecule has 0 aliphatic rings. The summed E-state index contributed by atoms with van der Waals surface area (Å²) in [7, 11) is 0. The highest BCUT2D eigenvalue weighted by molar-refractivity contribution is 5.79. The van der Waals surface area contributed by atoms with Gasteiger partial charge in [-0.25, -0.2) is 0 Å². The standard InChI is InChI=1S/C15H18N2O4/c16-14-3-1-11(17(5-7-18)6-8-19)9-13(14)15-4-2-12(10-20)21-15/h1-4,9-10,18-19H,5-8,16H2. The molecule has 2 aromatic rings. The van der Waals surface area contributed by atoms with E-state index in [-0.39, 0.29) is 19.0 Å². The molecule has 2 rings (SSSR count). The van der Waals surface area contributed by atoms with Crippen LogP contribution in [0.1, 0.15) is 10.6 Å². The van der Waals surface area contributed by atoms with E-state index in [2.05, 4.69) is 0 Å². The monoisotopic (exact) mass is 290 g/mol. The van der Waals surface area contributed by atoms with Crippen LogP contribution in [0.25, 0.3) is 11.3 Å². The van der Waals surface area contributed by atoms with Crippen LogP contribution < -0.4 is 10.6 Å². The van der Waals surface area contributed by atoms with Crippen LogP contribution in [0.4, 0.5) is 11.4 Å². The third-order valence-corrected chi connectivity index (χ3v) is 3.15. The second kappa shape index (κ2) is 6.92. The van der Waals surface area contributed by atoms with Gasteiger partial charge >= 0.3 is 0 Å². The van der Waals surface area contributed by atoms with Gasteiger partial charge in [-0.2, -0.15) is 0 Å². The molecule has 0 unspecified atom stereocenters. The number of hydrogen-bond donors (Lipinski definition) is 3. The van der Waals surface area contributed by atoms with E-state index in [1.54, 1.807) is 18.2 Å². The third kappa shape index (κ3) is 3.42. The fourth-order valence-electron chi connectivity index (χ4n) is 2.13. The predicted octanol–water partition coefficient (Wildman–Crippen LogP) is 1.13. The largest absolute Gasteiger partial charge is 0.453 e. The Morgan fingerprint density at radius 1 is 1.14 bits per heavy atom. The van der Waals surface area contributed by atoms with Gasteiger partial charge in [-0.1, -0.05) is 0 Å². The third-order valence-electron chi connectivity index (χ3n) is 3.15. The highest BCUT2D eigenvalue weighted by atomic mass is 16.3. The van der Waals surface area contributed by atoms with Crippen molar-refractivity contribution in [2.45, 2.75) is 0 Å². The van der Waals surface area contributed by atoms with Gasteiger partial charge in [0.25, 0.3) is 0 Å². The molecular weight excluding hydrogens is 272 g/mol. The van der Waals surface area contributed by atoms with E-state index in [0.29, 0.717) is 36.4 Å². The molecule has 6 heteroatoms. The summed E-state index contributed by atoms with van der Waals surface area (Å²) >= 11 is 0. The summed E-state index contributed by atoms with van der Waals surface area (Å²) in [6.07, 6.45) is 0.632. The van der Waals surface area contributed by atoms with Gasteiger partial charge in [0.2, 0.25) is 0 Å². The number of aliphatic hydroxyl groups excluding tert-OH is 2. The van der Waals surface area contributed by atoms with Crippen LogP contribution in [0, 0.1) is 0 Å². The number of rotatable bonds is 7. The molecule has 21 heavy (non-hydrogen) atoms. The topological polar surface area (TPSA) is 99.9 Å². The number of anilines is 2. The van der Waals surface area contributed by atoms with Crippen molar-refractivity contribution < 1.29 is 19.4 Å². The molecule has 4 N–H and O–H groups in total. The van der Waals surface area contributed by atoms with E-state index in [1.165, 1.54) is 0 Å². The summed E-state index contributed by atoms with van der Waals surface area (Å²) in [4.78, 5) is 12.5. The van der Waals surface area contributed by atoms with Crippen molar-refractivity contribution in [3.8, 4) is 11.3 Å². The summed E-state index contributed by atoms with van der Waals surface area (Å²) in [5, 5.41) is 18.2. The molecular formula is C15H18N2O4. The van der Waals surface area contributed by atoms with Gasteiger partial charge in [-0.3, -0.25) is 4.79 Å². The zero-order chi connectivity index (χ0) is 15.2. The zero-order valence-electron chi connectivity index (χ0n) is 11.5. The minimum absolute atomic E-state index is 0.0181. The Labute approximate surface area is 122 Å². The van der Waals surface area contributed by atoms with E-state index in [1.807, 2.05) is 17.0 Å². The smallest absolute Gasteiger partial charge is 0.185 e. The van der Waals surface area contributed by atoms with Crippen molar-refractivity contribution in [2.24, 2.45) is 0 Å². The second-order valence-corrected chi connectivity index (χ2v) is 4.53. The van der Waals surface area contributed by atoms with Crippen LogP contribution in [0.2, 0.25) is 0 Å². The fraction of sp³-hybridized carbons (Fsp3) is 0.267. The molecule has 1 heterocycles. The maximum atomic E-state index is 10.7. The molecule has 0 aliphatic heterocycles. The van der Waals surface area contributed by atoms with Crippen LogP contribution in [0.3, 0.4) is 0 Å². The minimum atomic E-state index is -0.0181. The lowest BCUT2D eigenvalue weighted by atomic mass is 10.1. The van der Waals surface area contributed by atoms with E-state index >= 15 is 0 Å². The molecule has 0 atom stereocenters. The average molecular weight is 290 g/mol. The van der Waals surface area contributed by atoms with E-state index in [9.17, 15) is 4.79 Å². The number of benzene rings is 1. The van der Waals surface area contributed by atoms with E-state index in [0.717, 1.165) is 5.69 Å². The van der Waals surface area contributed by atoms with Crippen LogP contribution in [0.5, 0.6) is 0 Å². The molecule has 1 aromatic carbocycles. The molecule has 0 saturated carbocycles. The van der Waals surface area contributed by atoms with E-state index in [4.69, 9.17) is 20.4 Å². The number of nitrogens with two attached hydrogens (primary N) is 1. The van der Waals surface area contributed by atoms with Crippen LogP contribution in [-0.2, 0) is 0 Å². The molecule has 0 saturated heterocycles. The number of nitrogens with zero attached hydrogens (tertiary/aromatic N) is 1. The van der Waals surface area contributed by atoms with E-state index < -0.39 is 0 Å². The van der Waals surface area contributed by atoms with Gasteiger partial charge in [0.05, 0.1) is 13.2 Å². The minimum Gasteiger partial charge on any atom is -0.453 e. The van der Waals surface area contributed by atoms with Gasteiger partial charge in [0.15, 0.2) is 12.0 Å². The summed E-state index contributed by atoms with van der Waals surface area (Å²) in [5.41, 5.74) is 7.96. The maximum absolute atomic E-state index is 10.7. The first kappa shape index (κ1) is 15.1. The normalized spacial score (nSPS) is 10.6. The Kier molecular flexibility index (Phi) is 4.97. The molecule has 112 valence electrons. The first-order valence-electron chi connectivity index (χ1n) is 6.61. The van der Waals surface area contributed by atoms with Crippen LogP contribution in [-0.4, -0.2) is 42.8 Å². The van der Waals surface area contributed by atoms with Gasteiger partial charge in [-0.15, -0.1) is 0 Å². The van der Waals surface area contributed by atoms with Gasteiger partial charge in [-0.05, 0) is 30.3 Å². The van der Waals surface area contributed by atoms with Crippen LogP contribution >= 0.6 is 0 Å². The lowest BCUT2D eigenvalue weighted by molar-refractivity contribution is 0.110. The summed E-state index contributed by atoms with van der Waals surface area (Å²) < 4.78 is 5.39. The molecule has 1 aromatic heterocycles. The quantitative estimate of drug-likeness (QED) is 0.522. The van der Waals surface area contributed by atoms with Crippen molar-refractivity contribution >= 4 is 17.7 Å². The lowest BCUT2D eigenvalue weighted by Gasteiger charge is -2.23. The zero-order valence-corrected chi connectivity index (χ0v) is 11.5. The van der Waals surface area contributed by atoms with Crippen molar-refractivity contribution in [1.29, 1.82) is 0 Å². The molecule has 0 aliphatic carbocycles. The van der Waals surface area contributed by atoms with Crippen molar-refractivity contribution in [3.05, 3.63) is 36.1 Å². The lowest BCUT2D eigenvalue weighted by Crippen LogP contribution is -2.29.